The third-order valence-corrected chi connectivity index (χ3v) is 4.82. The molecule has 0 fully saturated rings. The largest absolute Gasteiger partial charge is 0.332 e. The molecule has 3 rings (SSSR count). The number of rotatable bonds is 6. The van der Waals surface area contributed by atoms with Crippen LogP contribution in [0, 0.1) is 0 Å². The molecule has 1 amide bonds. The molecule has 1 aromatic carbocycles. The second kappa shape index (κ2) is 7.49. The predicted molar refractivity (Wildman–Crippen MR) is 98.4 cm³/mol. The summed E-state index contributed by atoms with van der Waals surface area (Å²) in [4.78, 5) is 23.8. The summed E-state index contributed by atoms with van der Waals surface area (Å²) in [6.45, 7) is 4.37. The normalized spacial score (nSPS) is 12.2. The molecule has 5 nitrogen and oxygen atoms in total. The molecular weight excluding hydrogens is 320 g/mol. The molecule has 0 saturated carbocycles. The Morgan fingerprint density at radius 1 is 1.29 bits per heavy atom. The quantitative estimate of drug-likeness (QED) is 0.660. The number of benzene rings is 1. The monoisotopic (exact) mass is 340 g/mol. The van der Waals surface area contributed by atoms with Gasteiger partial charge in [0, 0.05) is 11.9 Å². The summed E-state index contributed by atoms with van der Waals surface area (Å²) in [6, 6.07) is 11.8. The van der Waals surface area contributed by atoms with E-state index in [2.05, 4.69) is 46.2 Å². The molecule has 0 aliphatic rings. The lowest BCUT2D eigenvalue weighted by Gasteiger charge is -2.10. The minimum Gasteiger partial charge on any atom is -0.332 e. The molecule has 3 aromatic rings. The fraction of sp³-hybridized carbons (Fsp3) is 0.278. The van der Waals surface area contributed by atoms with Gasteiger partial charge in [-0.15, -0.1) is 0 Å². The topological polar surface area (TPSA) is 70.7 Å². The van der Waals surface area contributed by atoms with Crippen LogP contribution in [0.5, 0.6) is 0 Å². The third kappa shape index (κ3) is 3.94. The lowest BCUT2D eigenvalue weighted by Crippen LogP contribution is -2.14. The molecule has 2 heterocycles. The van der Waals surface area contributed by atoms with Gasteiger partial charge in [-0.2, -0.15) is 0 Å². The summed E-state index contributed by atoms with van der Waals surface area (Å²) >= 11 is 1.37. The fourth-order valence-electron chi connectivity index (χ4n) is 2.35. The first-order chi connectivity index (χ1) is 11.7. The summed E-state index contributed by atoms with van der Waals surface area (Å²) in [5.41, 5.74) is 3.65. The molecule has 0 bridgehead atoms. The number of pyridine rings is 1. The van der Waals surface area contributed by atoms with Crippen molar-refractivity contribution in [3.8, 4) is 0 Å². The van der Waals surface area contributed by atoms with Crippen LogP contribution in [0.4, 0.5) is 5.69 Å². The highest BCUT2D eigenvalue weighted by atomic mass is 32.2. The van der Waals surface area contributed by atoms with E-state index >= 15 is 0 Å². The lowest BCUT2D eigenvalue weighted by atomic mass is 9.99. The molecule has 0 radical (unpaired) electrons. The summed E-state index contributed by atoms with van der Waals surface area (Å²) in [6.07, 6.45) is 2.81. The van der Waals surface area contributed by atoms with E-state index in [-0.39, 0.29) is 5.91 Å². The van der Waals surface area contributed by atoms with Crippen LogP contribution < -0.4 is 5.32 Å². The number of aromatic amines is 1. The van der Waals surface area contributed by atoms with E-state index in [9.17, 15) is 4.79 Å². The smallest absolute Gasteiger partial charge is 0.234 e. The van der Waals surface area contributed by atoms with Gasteiger partial charge in [0.2, 0.25) is 5.91 Å². The predicted octanol–water partition coefficient (Wildman–Crippen LogP) is 4.20. The summed E-state index contributed by atoms with van der Waals surface area (Å²) in [7, 11) is 0. The number of carbonyl (C=O) groups excluding carboxylic acids is 1. The summed E-state index contributed by atoms with van der Waals surface area (Å²) < 4.78 is 0. The van der Waals surface area contributed by atoms with E-state index in [1.54, 1.807) is 6.20 Å². The highest BCUT2D eigenvalue weighted by molar-refractivity contribution is 7.99. The molecule has 2 aromatic heterocycles. The molecule has 0 saturated heterocycles. The molecule has 0 unspecified atom stereocenters. The van der Waals surface area contributed by atoms with Crippen molar-refractivity contribution in [3.05, 3.63) is 48.2 Å². The third-order valence-electron chi connectivity index (χ3n) is 3.95. The van der Waals surface area contributed by atoms with Crippen LogP contribution in [0.25, 0.3) is 11.2 Å². The van der Waals surface area contributed by atoms with Crippen molar-refractivity contribution in [2.45, 2.75) is 31.3 Å². The van der Waals surface area contributed by atoms with Crippen molar-refractivity contribution in [1.29, 1.82) is 0 Å². The second-order valence-corrected chi connectivity index (χ2v) is 6.65. The molecule has 124 valence electrons. The van der Waals surface area contributed by atoms with E-state index in [0.717, 1.165) is 17.6 Å². The lowest BCUT2D eigenvalue weighted by molar-refractivity contribution is -0.113. The number of nitrogens with one attached hydrogen (secondary N) is 2. The number of fused-ring (bicyclic) bond motifs is 1. The summed E-state index contributed by atoms with van der Waals surface area (Å²) in [5, 5.41) is 3.61. The van der Waals surface area contributed by atoms with Gasteiger partial charge in [-0.25, -0.2) is 9.97 Å². The number of hydrogen-bond acceptors (Lipinski definition) is 4. The van der Waals surface area contributed by atoms with Crippen LogP contribution in [0.1, 0.15) is 31.7 Å². The first-order valence-electron chi connectivity index (χ1n) is 7.99. The first kappa shape index (κ1) is 16.5. The Morgan fingerprint density at radius 2 is 2.08 bits per heavy atom. The van der Waals surface area contributed by atoms with Crippen LogP contribution in [0.3, 0.4) is 0 Å². The van der Waals surface area contributed by atoms with Gasteiger partial charge in [0.25, 0.3) is 0 Å². The highest BCUT2D eigenvalue weighted by Gasteiger charge is 2.08. The van der Waals surface area contributed by atoms with Crippen LogP contribution in [0.15, 0.2) is 47.8 Å². The number of hydrogen-bond donors (Lipinski definition) is 2. The molecule has 6 heteroatoms. The standard InChI is InChI=1S/C18H20N4OS/c1-3-12(2)13-6-8-14(9-7-13)20-16(23)11-24-18-21-15-5-4-10-19-17(15)22-18/h4-10,12H,3,11H2,1-2H3,(H,20,23)(H,19,21,22)/t12-/m0/s1. The average Bonchev–Trinajstić information content (AvgIpc) is 3.03. The fourth-order valence-corrected chi connectivity index (χ4v) is 3.03. The van der Waals surface area contributed by atoms with Gasteiger partial charge < -0.3 is 10.3 Å². The van der Waals surface area contributed by atoms with E-state index in [4.69, 9.17) is 0 Å². The second-order valence-electron chi connectivity index (χ2n) is 5.68. The van der Waals surface area contributed by atoms with Crippen LogP contribution in [0.2, 0.25) is 0 Å². The maximum atomic E-state index is 12.1. The molecule has 0 aliphatic heterocycles. The number of amides is 1. The highest BCUT2D eigenvalue weighted by Crippen LogP contribution is 2.21. The first-order valence-corrected chi connectivity index (χ1v) is 8.97. The number of aromatic nitrogens is 3. The molecule has 24 heavy (non-hydrogen) atoms. The van der Waals surface area contributed by atoms with Crippen molar-refractivity contribution in [2.24, 2.45) is 0 Å². The number of anilines is 1. The SMILES string of the molecule is CC[C@H](C)c1ccc(NC(=O)CSc2nc3ncccc3[nH]2)cc1. The minimum absolute atomic E-state index is 0.0512. The van der Waals surface area contributed by atoms with E-state index in [1.165, 1.54) is 17.3 Å². The van der Waals surface area contributed by atoms with Crippen molar-refractivity contribution < 1.29 is 4.79 Å². The Hall–Kier alpha value is -2.34. The minimum atomic E-state index is -0.0512. The molecular formula is C18H20N4OS. The Kier molecular flexibility index (Phi) is 5.15. The number of carbonyl (C=O) groups is 1. The van der Waals surface area contributed by atoms with Crippen molar-refractivity contribution in [3.63, 3.8) is 0 Å². The Labute approximate surface area is 145 Å². The van der Waals surface area contributed by atoms with Gasteiger partial charge in [0.15, 0.2) is 10.8 Å². The Bertz CT molecular complexity index is 795. The van der Waals surface area contributed by atoms with Crippen molar-refractivity contribution >= 4 is 34.5 Å². The number of H-pyrrole nitrogens is 1. The summed E-state index contributed by atoms with van der Waals surface area (Å²) in [5.74, 6) is 0.782. The number of thioether (sulfide) groups is 1. The van der Waals surface area contributed by atoms with Gasteiger partial charge in [0.1, 0.15) is 0 Å². The van der Waals surface area contributed by atoms with E-state index in [1.807, 2.05) is 24.3 Å². The zero-order valence-corrected chi connectivity index (χ0v) is 14.6. The number of imidazole rings is 1. The zero-order chi connectivity index (χ0) is 16.9. The molecule has 0 spiro atoms. The van der Waals surface area contributed by atoms with Crippen LogP contribution in [-0.4, -0.2) is 26.6 Å². The maximum Gasteiger partial charge on any atom is 0.234 e. The maximum absolute atomic E-state index is 12.1. The van der Waals surface area contributed by atoms with E-state index < -0.39 is 0 Å². The van der Waals surface area contributed by atoms with Gasteiger partial charge in [-0.3, -0.25) is 4.79 Å². The van der Waals surface area contributed by atoms with Crippen LogP contribution >= 0.6 is 11.8 Å². The molecule has 0 aliphatic carbocycles. The number of nitrogens with zero attached hydrogens (tertiary/aromatic N) is 2. The zero-order valence-electron chi connectivity index (χ0n) is 13.7. The van der Waals surface area contributed by atoms with E-state index in [0.29, 0.717) is 22.5 Å². The van der Waals surface area contributed by atoms with Gasteiger partial charge in [0.05, 0.1) is 11.3 Å². The Morgan fingerprint density at radius 3 is 2.79 bits per heavy atom. The van der Waals surface area contributed by atoms with Crippen molar-refractivity contribution in [2.75, 3.05) is 11.1 Å². The van der Waals surface area contributed by atoms with Crippen molar-refractivity contribution in [1.82, 2.24) is 15.0 Å². The van der Waals surface area contributed by atoms with Crippen LogP contribution in [-0.2, 0) is 4.79 Å². The van der Waals surface area contributed by atoms with Gasteiger partial charge in [-0.05, 0) is 42.2 Å². The molecule has 1 atom stereocenters. The molecule has 2 N–H and O–H groups in total. The average molecular weight is 340 g/mol. The Balaban J connectivity index is 1.55. The van der Waals surface area contributed by atoms with Gasteiger partial charge >= 0.3 is 0 Å². The van der Waals surface area contributed by atoms with Gasteiger partial charge in [-0.1, -0.05) is 37.7 Å².